The summed E-state index contributed by atoms with van der Waals surface area (Å²) in [4.78, 5) is 11.0. The maximum Gasteiger partial charge on any atom is 0.249 e. The van der Waals surface area contributed by atoms with Crippen LogP contribution in [0.4, 0.5) is 0 Å². The van der Waals surface area contributed by atoms with Crippen LogP contribution >= 0.6 is 0 Å². The molecule has 0 heterocycles. The van der Waals surface area contributed by atoms with Crippen molar-refractivity contribution < 1.29 is 4.79 Å². The number of carbonyl (C=O) groups is 1. The summed E-state index contributed by atoms with van der Waals surface area (Å²) in [5.41, 5.74) is 7.23. The highest BCUT2D eigenvalue weighted by Crippen LogP contribution is 2.17. The highest BCUT2D eigenvalue weighted by Gasteiger charge is 2.03. The van der Waals surface area contributed by atoms with Crippen molar-refractivity contribution in [2.75, 3.05) is 0 Å². The van der Waals surface area contributed by atoms with E-state index in [0.717, 1.165) is 17.2 Å². The van der Waals surface area contributed by atoms with E-state index in [-0.39, 0.29) is 5.91 Å². The van der Waals surface area contributed by atoms with Gasteiger partial charge in [0.25, 0.3) is 0 Å². The number of nitrogens with two attached hydrogens (primary N) is 1. The molecular formula is C19H19NO. The van der Waals surface area contributed by atoms with Crippen LogP contribution in [0.5, 0.6) is 0 Å². The summed E-state index contributed by atoms with van der Waals surface area (Å²) in [6.07, 6.45) is 1.14. The van der Waals surface area contributed by atoms with Crippen molar-refractivity contribution in [2.24, 2.45) is 5.73 Å². The largest absolute Gasteiger partial charge is 0.366 e. The molecule has 0 aliphatic rings. The van der Waals surface area contributed by atoms with Crippen LogP contribution in [-0.4, -0.2) is 5.91 Å². The predicted octanol–water partition coefficient (Wildman–Crippen LogP) is 4.19. The Balaban J connectivity index is 0.000000173. The normalized spacial score (nSPS) is 9.76. The first kappa shape index (κ1) is 14.8. The Kier molecular flexibility index (Phi) is 5.10. The minimum absolute atomic E-state index is 0.378. The van der Waals surface area contributed by atoms with Crippen molar-refractivity contribution >= 4 is 16.7 Å². The molecule has 0 atom stereocenters. The molecule has 3 aromatic carbocycles. The number of amides is 1. The molecule has 3 aromatic rings. The lowest BCUT2D eigenvalue weighted by Crippen LogP contribution is -2.11. The maximum atomic E-state index is 11.0. The summed E-state index contributed by atoms with van der Waals surface area (Å²) in [6, 6.07) is 23.7. The van der Waals surface area contributed by atoms with Gasteiger partial charge in [0, 0.05) is 5.56 Å². The van der Waals surface area contributed by atoms with E-state index in [2.05, 4.69) is 31.2 Å². The van der Waals surface area contributed by atoms with Crippen LogP contribution in [0, 0.1) is 0 Å². The first-order valence-electron chi connectivity index (χ1n) is 7.04. The molecule has 2 N–H and O–H groups in total. The van der Waals surface area contributed by atoms with Crippen LogP contribution in [0.25, 0.3) is 10.8 Å². The number of fused-ring (bicyclic) bond motifs is 1. The summed E-state index contributed by atoms with van der Waals surface area (Å²) >= 11 is 0. The van der Waals surface area contributed by atoms with Gasteiger partial charge >= 0.3 is 0 Å². The van der Waals surface area contributed by atoms with E-state index < -0.39 is 0 Å². The molecule has 0 bridgehead atoms. The van der Waals surface area contributed by atoms with Crippen LogP contribution in [0.15, 0.2) is 72.8 Å². The molecule has 1 amide bonds. The van der Waals surface area contributed by atoms with Gasteiger partial charge < -0.3 is 5.73 Å². The number of aryl methyl sites for hydroxylation is 1. The quantitative estimate of drug-likeness (QED) is 0.750. The van der Waals surface area contributed by atoms with Gasteiger partial charge in [0.2, 0.25) is 5.91 Å². The Labute approximate surface area is 125 Å². The van der Waals surface area contributed by atoms with Gasteiger partial charge in [-0.2, -0.15) is 0 Å². The van der Waals surface area contributed by atoms with Gasteiger partial charge in [0.15, 0.2) is 0 Å². The molecule has 0 fully saturated rings. The molecule has 2 heteroatoms. The third-order valence-corrected chi connectivity index (χ3v) is 3.31. The smallest absolute Gasteiger partial charge is 0.249 e. The molecular weight excluding hydrogens is 258 g/mol. The number of primary amides is 1. The van der Waals surface area contributed by atoms with Gasteiger partial charge in [-0.15, -0.1) is 0 Å². The zero-order valence-corrected chi connectivity index (χ0v) is 12.1. The van der Waals surface area contributed by atoms with Crippen LogP contribution in [0.2, 0.25) is 0 Å². The summed E-state index contributed by atoms with van der Waals surface area (Å²) in [5, 5.41) is 1.95. The van der Waals surface area contributed by atoms with E-state index in [1.165, 1.54) is 5.56 Å². The molecule has 3 rings (SSSR count). The molecule has 0 saturated carbocycles. The monoisotopic (exact) mass is 277 g/mol. The number of rotatable bonds is 2. The number of benzene rings is 3. The zero-order chi connectivity index (χ0) is 15.1. The first-order valence-corrected chi connectivity index (χ1v) is 7.04. The molecule has 106 valence electrons. The van der Waals surface area contributed by atoms with Crippen molar-refractivity contribution in [3.8, 4) is 0 Å². The number of hydrogen-bond donors (Lipinski definition) is 1. The highest BCUT2D eigenvalue weighted by molar-refractivity contribution is 6.06. The van der Waals surface area contributed by atoms with Crippen molar-refractivity contribution in [3.05, 3.63) is 83.9 Å². The van der Waals surface area contributed by atoms with Crippen LogP contribution in [-0.2, 0) is 6.42 Å². The fourth-order valence-corrected chi connectivity index (χ4v) is 2.15. The maximum absolute atomic E-state index is 11.0. The lowest BCUT2D eigenvalue weighted by Gasteiger charge is -2.01. The molecule has 0 aliphatic heterocycles. The SMILES string of the molecule is CCc1ccccc1.NC(=O)c1cccc2ccccc12. The molecule has 21 heavy (non-hydrogen) atoms. The number of hydrogen-bond acceptors (Lipinski definition) is 1. The van der Waals surface area contributed by atoms with E-state index in [1.807, 2.05) is 42.5 Å². The molecule has 0 radical (unpaired) electrons. The lowest BCUT2D eigenvalue weighted by molar-refractivity contribution is 0.100. The first-order chi connectivity index (χ1) is 10.2. The van der Waals surface area contributed by atoms with E-state index in [9.17, 15) is 4.79 Å². The van der Waals surface area contributed by atoms with Crippen LogP contribution < -0.4 is 5.73 Å². The fraction of sp³-hybridized carbons (Fsp3) is 0.105. The second-order valence-corrected chi connectivity index (χ2v) is 4.73. The van der Waals surface area contributed by atoms with Gasteiger partial charge in [0.1, 0.15) is 0 Å². The summed E-state index contributed by atoms with van der Waals surface area (Å²) in [5.74, 6) is -0.378. The van der Waals surface area contributed by atoms with Crippen LogP contribution in [0.1, 0.15) is 22.8 Å². The Bertz CT molecular complexity index is 714. The Morgan fingerprint density at radius 2 is 1.48 bits per heavy atom. The van der Waals surface area contributed by atoms with Gasteiger partial charge in [-0.05, 0) is 28.8 Å². The van der Waals surface area contributed by atoms with E-state index in [0.29, 0.717) is 5.56 Å². The number of carbonyl (C=O) groups excluding carboxylic acids is 1. The van der Waals surface area contributed by atoms with Crippen LogP contribution in [0.3, 0.4) is 0 Å². The summed E-state index contributed by atoms with van der Waals surface area (Å²) in [6.45, 7) is 2.16. The molecule has 0 saturated heterocycles. The van der Waals surface area contributed by atoms with Gasteiger partial charge in [0.05, 0.1) is 0 Å². The van der Waals surface area contributed by atoms with Gasteiger partial charge in [-0.3, -0.25) is 4.79 Å². The van der Waals surface area contributed by atoms with Crippen molar-refractivity contribution in [2.45, 2.75) is 13.3 Å². The Morgan fingerprint density at radius 3 is 2.10 bits per heavy atom. The Morgan fingerprint density at radius 1 is 0.857 bits per heavy atom. The lowest BCUT2D eigenvalue weighted by atomic mass is 10.0. The van der Waals surface area contributed by atoms with Gasteiger partial charge in [-0.25, -0.2) is 0 Å². The Hall–Kier alpha value is -2.61. The zero-order valence-electron chi connectivity index (χ0n) is 12.1. The second-order valence-electron chi connectivity index (χ2n) is 4.73. The molecule has 0 aliphatic carbocycles. The standard InChI is InChI=1S/C11H9NO.C8H10/c12-11(13)10-7-3-5-8-4-1-2-6-9(8)10;1-2-8-6-4-3-5-7-8/h1-7H,(H2,12,13);3-7H,2H2,1H3. The summed E-state index contributed by atoms with van der Waals surface area (Å²) < 4.78 is 0. The van der Waals surface area contributed by atoms with Gasteiger partial charge in [-0.1, -0.05) is 73.7 Å². The highest BCUT2D eigenvalue weighted by atomic mass is 16.1. The van der Waals surface area contributed by atoms with Crippen molar-refractivity contribution in [1.82, 2.24) is 0 Å². The third-order valence-electron chi connectivity index (χ3n) is 3.31. The summed E-state index contributed by atoms with van der Waals surface area (Å²) in [7, 11) is 0. The average Bonchev–Trinajstić information content (AvgIpc) is 2.55. The molecule has 0 unspecified atom stereocenters. The average molecular weight is 277 g/mol. The third kappa shape index (κ3) is 3.93. The van der Waals surface area contributed by atoms with E-state index >= 15 is 0 Å². The van der Waals surface area contributed by atoms with Crippen molar-refractivity contribution in [3.63, 3.8) is 0 Å². The minimum atomic E-state index is -0.378. The topological polar surface area (TPSA) is 43.1 Å². The molecule has 2 nitrogen and oxygen atoms in total. The molecule has 0 spiro atoms. The molecule has 0 aromatic heterocycles. The van der Waals surface area contributed by atoms with Crippen molar-refractivity contribution in [1.29, 1.82) is 0 Å². The fourth-order valence-electron chi connectivity index (χ4n) is 2.15. The van der Waals surface area contributed by atoms with E-state index in [1.54, 1.807) is 6.07 Å². The second kappa shape index (κ2) is 7.25. The predicted molar refractivity (Wildman–Crippen MR) is 88.3 cm³/mol. The van der Waals surface area contributed by atoms with E-state index in [4.69, 9.17) is 5.73 Å². The minimum Gasteiger partial charge on any atom is -0.366 e.